The summed E-state index contributed by atoms with van der Waals surface area (Å²) >= 11 is 11.5. The van der Waals surface area contributed by atoms with Gasteiger partial charge in [0, 0.05) is 19.5 Å². The minimum atomic E-state index is -0.452. The van der Waals surface area contributed by atoms with E-state index in [0.29, 0.717) is 6.54 Å². The van der Waals surface area contributed by atoms with Crippen molar-refractivity contribution in [3.63, 3.8) is 0 Å². The zero-order valence-corrected chi connectivity index (χ0v) is 11.3. The smallest absolute Gasteiger partial charge is 0.271 e. The second kappa shape index (κ2) is 7.18. The fraction of sp³-hybridized carbons (Fsp3) is 0.364. The van der Waals surface area contributed by atoms with E-state index in [4.69, 9.17) is 23.2 Å². The second-order valence-electron chi connectivity index (χ2n) is 3.42. The summed E-state index contributed by atoms with van der Waals surface area (Å²) in [5, 5.41) is 5.58. The van der Waals surface area contributed by atoms with Crippen LogP contribution in [0.2, 0.25) is 10.2 Å². The Kier molecular flexibility index (Phi) is 5.88. The van der Waals surface area contributed by atoms with Crippen molar-refractivity contribution in [1.82, 2.24) is 15.6 Å². The molecule has 1 aromatic rings. The summed E-state index contributed by atoms with van der Waals surface area (Å²) < 4.78 is 0. The van der Waals surface area contributed by atoms with Gasteiger partial charge < -0.3 is 10.6 Å². The maximum atomic E-state index is 11.7. The largest absolute Gasteiger partial charge is 0.356 e. The van der Waals surface area contributed by atoms with Crippen molar-refractivity contribution in [1.29, 1.82) is 0 Å². The van der Waals surface area contributed by atoms with Crippen LogP contribution in [0.1, 0.15) is 23.8 Å². The van der Waals surface area contributed by atoms with Crippen LogP contribution in [-0.2, 0) is 4.79 Å². The number of aromatic nitrogens is 1. The zero-order valence-electron chi connectivity index (χ0n) is 9.80. The van der Waals surface area contributed by atoms with Crippen molar-refractivity contribution in [2.24, 2.45) is 0 Å². The molecule has 0 aromatic carbocycles. The van der Waals surface area contributed by atoms with E-state index in [2.05, 4.69) is 15.6 Å². The first-order chi connectivity index (χ1) is 8.54. The van der Waals surface area contributed by atoms with Crippen molar-refractivity contribution in [3.05, 3.63) is 28.0 Å². The molecule has 0 saturated heterocycles. The molecule has 0 bridgehead atoms. The number of hydrogen-bond donors (Lipinski definition) is 2. The monoisotopic (exact) mass is 289 g/mol. The van der Waals surface area contributed by atoms with E-state index < -0.39 is 5.91 Å². The fourth-order valence-electron chi connectivity index (χ4n) is 1.24. The first-order valence-electron chi connectivity index (χ1n) is 5.41. The molecular weight excluding hydrogens is 277 g/mol. The van der Waals surface area contributed by atoms with Gasteiger partial charge in [0.1, 0.15) is 10.8 Å². The molecule has 0 radical (unpaired) electrons. The number of carbonyl (C=O) groups excluding carboxylic acids is 2. The molecular formula is C11H13Cl2N3O2. The van der Waals surface area contributed by atoms with Gasteiger partial charge in [-0.15, -0.1) is 0 Å². The number of nitrogens with one attached hydrogen (secondary N) is 2. The topological polar surface area (TPSA) is 71.1 Å². The Hall–Kier alpha value is -1.33. The summed E-state index contributed by atoms with van der Waals surface area (Å²) in [6.45, 7) is 2.61. The van der Waals surface area contributed by atoms with Gasteiger partial charge in [-0.2, -0.15) is 0 Å². The standard InChI is InChI=1S/C11H13Cl2N3O2/c1-2-14-9(17)5-6-15-11(18)10-7(12)3-4-8(13)16-10/h3-4H,2,5-6H2,1H3,(H,14,17)(H,15,18). The molecule has 0 aliphatic rings. The molecule has 18 heavy (non-hydrogen) atoms. The second-order valence-corrected chi connectivity index (χ2v) is 4.22. The molecule has 1 heterocycles. The predicted octanol–water partition coefficient (Wildman–Crippen LogP) is 1.64. The highest BCUT2D eigenvalue weighted by atomic mass is 35.5. The first kappa shape index (κ1) is 14.7. The van der Waals surface area contributed by atoms with Gasteiger partial charge in [0.05, 0.1) is 5.02 Å². The molecule has 0 saturated carbocycles. The molecule has 1 rings (SSSR count). The lowest BCUT2D eigenvalue weighted by Crippen LogP contribution is -2.31. The Morgan fingerprint density at radius 3 is 2.67 bits per heavy atom. The quantitative estimate of drug-likeness (QED) is 0.810. The highest BCUT2D eigenvalue weighted by molar-refractivity contribution is 6.34. The normalized spacial score (nSPS) is 9.94. The summed E-state index contributed by atoms with van der Waals surface area (Å²) in [6.07, 6.45) is 0.206. The Balaban J connectivity index is 2.50. The van der Waals surface area contributed by atoms with E-state index in [-0.39, 0.29) is 34.7 Å². The molecule has 0 unspecified atom stereocenters. The average Bonchev–Trinajstić information content (AvgIpc) is 2.32. The molecule has 7 heteroatoms. The molecule has 1 aromatic heterocycles. The molecule has 2 N–H and O–H groups in total. The Bertz CT molecular complexity index is 452. The predicted molar refractivity (Wildman–Crippen MR) is 69.9 cm³/mol. The number of halogens is 2. The minimum absolute atomic E-state index is 0.0556. The third-order valence-electron chi connectivity index (χ3n) is 2.04. The highest BCUT2D eigenvalue weighted by Crippen LogP contribution is 2.16. The van der Waals surface area contributed by atoms with Gasteiger partial charge in [0.25, 0.3) is 5.91 Å². The molecule has 2 amide bonds. The fourth-order valence-corrected chi connectivity index (χ4v) is 1.57. The SMILES string of the molecule is CCNC(=O)CCNC(=O)c1nc(Cl)ccc1Cl. The molecule has 0 fully saturated rings. The molecule has 0 aliphatic heterocycles. The highest BCUT2D eigenvalue weighted by Gasteiger charge is 2.12. The van der Waals surface area contributed by atoms with Gasteiger partial charge in [-0.05, 0) is 19.1 Å². The van der Waals surface area contributed by atoms with E-state index >= 15 is 0 Å². The molecule has 5 nitrogen and oxygen atoms in total. The maximum Gasteiger partial charge on any atom is 0.271 e. The van der Waals surface area contributed by atoms with Crippen LogP contribution in [0.4, 0.5) is 0 Å². The number of nitrogens with zero attached hydrogens (tertiary/aromatic N) is 1. The van der Waals surface area contributed by atoms with Crippen molar-refractivity contribution in [2.75, 3.05) is 13.1 Å². The number of amides is 2. The summed E-state index contributed by atoms with van der Waals surface area (Å²) in [4.78, 5) is 26.7. The van der Waals surface area contributed by atoms with Crippen molar-refractivity contribution in [2.45, 2.75) is 13.3 Å². The van der Waals surface area contributed by atoms with Gasteiger partial charge >= 0.3 is 0 Å². The van der Waals surface area contributed by atoms with Gasteiger partial charge in [-0.3, -0.25) is 9.59 Å². The third-order valence-corrected chi connectivity index (χ3v) is 2.55. The number of carbonyl (C=O) groups is 2. The van der Waals surface area contributed by atoms with Crippen LogP contribution in [0.3, 0.4) is 0 Å². The van der Waals surface area contributed by atoms with Gasteiger partial charge in [-0.1, -0.05) is 23.2 Å². The van der Waals surface area contributed by atoms with Crippen LogP contribution in [0.25, 0.3) is 0 Å². The van der Waals surface area contributed by atoms with Crippen molar-refractivity contribution >= 4 is 35.0 Å². The van der Waals surface area contributed by atoms with Crippen molar-refractivity contribution in [3.8, 4) is 0 Å². The van der Waals surface area contributed by atoms with Crippen LogP contribution in [0.15, 0.2) is 12.1 Å². The molecule has 98 valence electrons. The van der Waals surface area contributed by atoms with Gasteiger partial charge in [-0.25, -0.2) is 4.98 Å². The summed E-state index contributed by atoms with van der Waals surface area (Å²) in [6, 6.07) is 2.99. The van der Waals surface area contributed by atoms with Crippen LogP contribution >= 0.6 is 23.2 Å². The lowest BCUT2D eigenvalue weighted by molar-refractivity contribution is -0.120. The van der Waals surface area contributed by atoms with E-state index in [1.165, 1.54) is 12.1 Å². The van der Waals surface area contributed by atoms with Gasteiger partial charge in [0.15, 0.2) is 0 Å². The number of rotatable bonds is 5. The lowest BCUT2D eigenvalue weighted by Gasteiger charge is -2.06. The van der Waals surface area contributed by atoms with Crippen LogP contribution in [0.5, 0.6) is 0 Å². The Morgan fingerprint density at radius 2 is 2.00 bits per heavy atom. The number of pyridine rings is 1. The van der Waals surface area contributed by atoms with E-state index in [1.807, 2.05) is 6.92 Å². The summed E-state index contributed by atoms with van der Waals surface area (Å²) in [5.41, 5.74) is 0.0556. The summed E-state index contributed by atoms with van der Waals surface area (Å²) in [5.74, 6) is -0.574. The molecule has 0 aliphatic carbocycles. The first-order valence-corrected chi connectivity index (χ1v) is 6.17. The number of hydrogen-bond acceptors (Lipinski definition) is 3. The van der Waals surface area contributed by atoms with Crippen LogP contribution < -0.4 is 10.6 Å². The summed E-state index contributed by atoms with van der Waals surface area (Å²) in [7, 11) is 0. The van der Waals surface area contributed by atoms with E-state index in [9.17, 15) is 9.59 Å². The maximum absolute atomic E-state index is 11.7. The average molecular weight is 290 g/mol. The minimum Gasteiger partial charge on any atom is -0.356 e. The lowest BCUT2D eigenvalue weighted by atomic mass is 10.3. The third kappa shape index (κ3) is 4.50. The Labute approximate surface area is 115 Å². The molecule has 0 atom stereocenters. The van der Waals surface area contributed by atoms with Gasteiger partial charge in [0.2, 0.25) is 5.91 Å². The van der Waals surface area contributed by atoms with Crippen LogP contribution in [-0.4, -0.2) is 29.9 Å². The van der Waals surface area contributed by atoms with E-state index in [1.54, 1.807) is 0 Å². The van der Waals surface area contributed by atoms with Crippen molar-refractivity contribution < 1.29 is 9.59 Å². The molecule has 0 spiro atoms. The van der Waals surface area contributed by atoms with E-state index in [0.717, 1.165) is 0 Å². The zero-order chi connectivity index (χ0) is 13.5. The Morgan fingerprint density at radius 1 is 1.28 bits per heavy atom. The van der Waals surface area contributed by atoms with Crippen LogP contribution in [0, 0.1) is 0 Å².